The van der Waals surface area contributed by atoms with E-state index in [4.69, 9.17) is 11.6 Å². The molecule has 0 aromatic heterocycles. The van der Waals surface area contributed by atoms with E-state index >= 15 is 0 Å². The van der Waals surface area contributed by atoms with Gasteiger partial charge >= 0.3 is 0 Å². The van der Waals surface area contributed by atoms with Crippen LogP contribution in [0, 0.1) is 5.82 Å². The summed E-state index contributed by atoms with van der Waals surface area (Å²) in [6.45, 7) is 0. The van der Waals surface area contributed by atoms with Crippen molar-refractivity contribution in [2.24, 2.45) is 10.2 Å². The zero-order valence-corrected chi connectivity index (χ0v) is 10.1. The molecule has 1 saturated heterocycles. The average molecular weight is 272 g/mol. The van der Waals surface area contributed by atoms with Gasteiger partial charge in [-0.1, -0.05) is 35.5 Å². The molecule has 1 aromatic carbocycles. The Hall–Kier alpha value is -1.40. The molecule has 0 saturated carbocycles. The summed E-state index contributed by atoms with van der Waals surface area (Å²) in [6.07, 6.45) is 1.34. The second kappa shape index (κ2) is 5.29. The molecule has 1 fully saturated rings. The summed E-state index contributed by atoms with van der Waals surface area (Å²) in [5, 5.41) is 10.5. The van der Waals surface area contributed by atoms with Crippen molar-refractivity contribution in [2.75, 3.05) is 5.75 Å². The third kappa shape index (κ3) is 3.04. The van der Waals surface area contributed by atoms with Gasteiger partial charge in [-0.3, -0.25) is 4.79 Å². The van der Waals surface area contributed by atoms with Crippen LogP contribution in [0.1, 0.15) is 5.56 Å². The number of nitrogens with one attached hydrogen (secondary N) is 1. The second-order valence-electron chi connectivity index (χ2n) is 3.13. The maximum absolute atomic E-state index is 13.1. The number of carbonyl (C=O) groups excluding carboxylic acids is 1. The summed E-state index contributed by atoms with van der Waals surface area (Å²) in [6, 6.07) is 4.41. The molecule has 0 unspecified atom stereocenters. The Morgan fingerprint density at radius 1 is 1.53 bits per heavy atom. The molecular weight excluding hydrogens is 265 g/mol. The van der Waals surface area contributed by atoms with Gasteiger partial charge in [-0.15, -0.1) is 5.10 Å². The van der Waals surface area contributed by atoms with E-state index in [0.29, 0.717) is 16.5 Å². The average Bonchev–Trinajstić information content (AvgIpc) is 2.70. The quantitative estimate of drug-likeness (QED) is 0.661. The van der Waals surface area contributed by atoms with Crippen LogP contribution in [-0.4, -0.2) is 23.0 Å². The fourth-order valence-electron chi connectivity index (χ4n) is 1.14. The first-order valence-corrected chi connectivity index (χ1v) is 6.01. The van der Waals surface area contributed by atoms with Crippen molar-refractivity contribution < 1.29 is 9.18 Å². The molecule has 88 valence electrons. The maximum atomic E-state index is 13.1. The standard InChI is InChI=1S/C10H7ClFN3OS/c11-9-6(2-1-3-7(9)12)4-13-15-10-14-8(16)5-17-10/h1-4H,5H2,(H,14,15,16). The van der Waals surface area contributed by atoms with E-state index in [1.54, 1.807) is 6.07 Å². The zero-order chi connectivity index (χ0) is 12.3. The molecule has 1 aliphatic heterocycles. The van der Waals surface area contributed by atoms with Gasteiger partial charge in [-0.25, -0.2) is 4.39 Å². The van der Waals surface area contributed by atoms with Crippen molar-refractivity contribution in [2.45, 2.75) is 0 Å². The minimum absolute atomic E-state index is 0.000407. The van der Waals surface area contributed by atoms with Gasteiger partial charge in [0.25, 0.3) is 0 Å². The first-order valence-electron chi connectivity index (χ1n) is 4.64. The van der Waals surface area contributed by atoms with Gasteiger partial charge in [0.2, 0.25) is 5.91 Å². The molecule has 7 heteroatoms. The van der Waals surface area contributed by atoms with Crippen molar-refractivity contribution in [3.05, 3.63) is 34.6 Å². The molecule has 0 radical (unpaired) electrons. The third-order valence-electron chi connectivity index (χ3n) is 1.91. The number of hydrogen-bond acceptors (Lipinski definition) is 4. The number of amides is 1. The number of rotatable bonds is 2. The van der Waals surface area contributed by atoms with Crippen LogP contribution in [0.4, 0.5) is 4.39 Å². The van der Waals surface area contributed by atoms with Crippen LogP contribution in [0.25, 0.3) is 0 Å². The number of amidine groups is 1. The number of halogens is 2. The van der Waals surface area contributed by atoms with Crippen LogP contribution in [0.2, 0.25) is 5.02 Å². The summed E-state index contributed by atoms with van der Waals surface area (Å²) in [5.74, 6) is -0.269. The molecule has 0 atom stereocenters. The summed E-state index contributed by atoms with van der Waals surface area (Å²) in [5.41, 5.74) is 0.436. The zero-order valence-electron chi connectivity index (χ0n) is 8.48. The van der Waals surface area contributed by atoms with Crippen molar-refractivity contribution >= 4 is 40.7 Å². The lowest BCUT2D eigenvalue weighted by molar-refractivity contribution is -0.116. The summed E-state index contributed by atoms with van der Waals surface area (Å²) < 4.78 is 13.1. The molecule has 0 bridgehead atoms. The van der Waals surface area contributed by atoms with Crippen molar-refractivity contribution in [3.63, 3.8) is 0 Å². The van der Waals surface area contributed by atoms with Crippen molar-refractivity contribution in [1.29, 1.82) is 0 Å². The number of nitrogens with zero attached hydrogens (tertiary/aromatic N) is 2. The first-order chi connectivity index (χ1) is 8.16. The molecule has 2 rings (SSSR count). The lowest BCUT2D eigenvalue weighted by atomic mass is 10.2. The van der Waals surface area contributed by atoms with Crippen molar-refractivity contribution in [1.82, 2.24) is 5.32 Å². The molecule has 17 heavy (non-hydrogen) atoms. The van der Waals surface area contributed by atoms with Crippen LogP contribution in [0.3, 0.4) is 0 Å². The highest BCUT2D eigenvalue weighted by atomic mass is 35.5. The lowest BCUT2D eigenvalue weighted by Crippen LogP contribution is -2.19. The predicted octanol–water partition coefficient (Wildman–Crippen LogP) is 2.03. The summed E-state index contributed by atoms with van der Waals surface area (Å²) in [4.78, 5) is 10.9. The smallest absolute Gasteiger partial charge is 0.236 e. The van der Waals surface area contributed by atoms with Gasteiger partial charge in [-0.05, 0) is 6.07 Å². The molecule has 0 aliphatic carbocycles. The van der Waals surface area contributed by atoms with E-state index in [1.807, 2.05) is 0 Å². The van der Waals surface area contributed by atoms with E-state index in [-0.39, 0.29) is 10.9 Å². The highest BCUT2D eigenvalue weighted by Crippen LogP contribution is 2.17. The normalized spacial score (nSPS) is 18.0. The Balaban J connectivity index is 2.11. The molecule has 1 aromatic rings. The Morgan fingerprint density at radius 2 is 2.35 bits per heavy atom. The topological polar surface area (TPSA) is 53.8 Å². The molecular formula is C10H7ClFN3OS. The van der Waals surface area contributed by atoms with E-state index in [9.17, 15) is 9.18 Å². The second-order valence-corrected chi connectivity index (χ2v) is 4.47. The lowest BCUT2D eigenvalue weighted by Gasteiger charge is -1.97. The van der Waals surface area contributed by atoms with Gasteiger partial charge in [0.1, 0.15) is 5.82 Å². The minimum atomic E-state index is -0.508. The molecule has 4 nitrogen and oxygen atoms in total. The molecule has 1 aliphatic rings. The monoisotopic (exact) mass is 271 g/mol. The maximum Gasteiger partial charge on any atom is 0.236 e. The van der Waals surface area contributed by atoms with Crippen LogP contribution < -0.4 is 5.32 Å². The van der Waals surface area contributed by atoms with Crippen LogP contribution >= 0.6 is 23.4 Å². The van der Waals surface area contributed by atoms with E-state index in [2.05, 4.69) is 15.5 Å². The number of benzene rings is 1. The predicted molar refractivity (Wildman–Crippen MR) is 67.0 cm³/mol. The number of thioether (sulfide) groups is 1. The Morgan fingerprint density at radius 3 is 3.06 bits per heavy atom. The molecule has 0 spiro atoms. The summed E-state index contributed by atoms with van der Waals surface area (Å²) >= 11 is 6.98. The third-order valence-corrected chi connectivity index (χ3v) is 3.18. The van der Waals surface area contributed by atoms with E-state index in [0.717, 1.165) is 0 Å². The van der Waals surface area contributed by atoms with Crippen LogP contribution in [0.15, 0.2) is 28.4 Å². The number of hydrogen-bond donors (Lipinski definition) is 1. The highest BCUT2D eigenvalue weighted by molar-refractivity contribution is 8.15. The van der Waals surface area contributed by atoms with Gasteiger partial charge in [-0.2, -0.15) is 5.10 Å². The Labute approximate surface area is 106 Å². The highest BCUT2D eigenvalue weighted by Gasteiger charge is 2.15. The van der Waals surface area contributed by atoms with Crippen molar-refractivity contribution in [3.8, 4) is 0 Å². The van der Waals surface area contributed by atoms with Crippen LogP contribution in [0.5, 0.6) is 0 Å². The van der Waals surface area contributed by atoms with Gasteiger partial charge in [0, 0.05) is 5.56 Å². The SMILES string of the molecule is O=C1CSC(=NN=Cc2cccc(F)c2Cl)N1. The number of carbonyl (C=O) groups is 1. The Bertz CT molecular complexity index is 518. The molecule has 1 heterocycles. The Kier molecular flexibility index (Phi) is 3.75. The van der Waals surface area contributed by atoms with E-state index < -0.39 is 5.82 Å². The summed E-state index contributed by atoms with van der Waals surface area (Å²) in [7, 11) is 0. The van der Waals surface area contributed by atoms with Gasteiger partial charge in [0.15, 0.2) is 5.17 Å². The fourth-order valence-corrected chi connectivity index (χ4v) is 1.95. The fraction of sp³-hybridized carbons (Fsp3) is 0.100. The minimum Gasteiger partial charge on any atom is -0.303 e. The van der Waals surface area contributed by atoms with Crippen LogP contribution in [-0.2, 0) is 4.79 Å². The van der Waals surface area contributed by atoms with E-state index in [1.165, 1.54) is 30.1 Å². The molecule has 1 amide bonds. The van der Waals surface area contributed by atoms with Gasteiger partial charge < -0.3 is 5.32 Å². The largest absolute Gasteiger partial charge is 0.303 e. The molecule has 1 N–H and O–H groups in total. The van der Waals surface area contributed by atoms with Gasteiger partial charge in [0.05, 0.1) is 17.0 Å². The first kappa shape index (κ1) is 12.1.